The maximum absolute atomic E-state index is 13.1. The molecule has 2 aromatic heterocycles. The molecule has 1 fully saturated rings. The topological polar surface area (TPSA) is 79.4 Å². The van der Waals surface area contributed by atoms with E-state index in [0.717, 1.165) is 34.8 Å². The van der Waals surface area contributed by atoms with Crippen molar-refractivity contribution < 1.29 is 13.2 Å². The largest absolute Gasteiger partial charge is 0.349 e. The third kappa shape index (κ3) is 4.22. The van der Waals surface area contributed by atoms with E-state index in [-0.39, 0.29) is 18.5 Å². The number of aromatic nitrogens is 1. The number of aryl methyl sites for hydroxylation is 1. The van der Waals surface area contributed by atoms with Crippen molar-refractivity contribution in [1.29, 1.82) is 0 Å². The number of amides is 1. The predicted octanol–water partition coefficient (Wildman–Crippen LogP) is 3.03. The molecule has 1 saturated heterocycles. The van der Waals surface area contributed by atoms with Crippen molar-refractivity contribution in [2.45, 2.75) is 36.4 Å². The van der Waals surface area contributed by atoms with Crippen LogP contribution in [0.4, 0.5) is 0 Å². The van der Waals surface area contributed by atoms with Gasteiger partial charge >= 0.3 is 0 Å². The highest BCUT2D eigenvalue weighted by molar-refractivity contribution is 7.91. The second kappa shape index (κ2) is 7.99. The van der Waals surface area contributed by atoms with E-state index in [0.29, 0.717) is 10.8 Å². The van der Waals surface area contributed by atoms with Crippen molar-refractivity contribution >= 4 is 38.6 Å². The summed E-state index contributed by atoms with van der Waals surface area (Å²) in [4.78, 5) is 16.8. The number of rotatable bonds is 5. The number of hydrogen-bond acceptors (Lipinski definition) is 6. The van der Waals surface area contributed by atoms with Gasteiger partial charge in [0.1, 0.15) is 4.21 Å². The molecule has 1 unspecified atom stereocenters. The zero-order chi connectivity index (χ0) is 18.7. The lowest BCUT2D eigenvalue weighted by Gasteiger charge is -2.23. The van der Waals surface area contributed by atoms with E-state index in [1.165, 1.54) is 21.7 Å². The Morgan fingerprint density at radius 1 is 1.42 bits per heavy atom. The predicted molar refractivity (Wildman–Crippen MR) is 105 cm³/mol. The third-order valence-electron chi connectivity index (χ3n) is 4.21. The Morgan fingerprint density at radius 2 is 2.23 bits per heavy atom. The second-order valence-corrected chi connectivity index (χ2v) is 10.4. The van der Waals surface area contributed by atoms with Crippen molar-refractivity contribution in [2.75, 3.05) is 13.1 Å². The molecule has 1 N–H and O–H groups in total. The monoisotopic (exact) mass is 411 g/mol. The van der Waals surface area contributed by atoms with E-state index in [1.807, 2.05) is 12.3 Å². The van der Waals surface area contributed by atoms with Crippen LogP contribution in [0.25, 0.3) is 10.6 Å². The highest BCUT2D eigenvalue weighted by Gasteiger charge is 2.30. The van der Waals surface area contributed by atoms with Gasteiger partial charge in [0.15, 0.2) is 0 Å². The molecule has 9 heteroatoms. The first-order valence-electron chi connectivity index (χ1n) is 8.35. The van der Waals surface area contributed by atoms with E-state index in [1.54, 1.807) is 23.5 Å². The lowest BCUT2D eigenvalue weighted by atomic mass is 10.1. The van der Waals surface area contributed by atoms with Gasteiger partial charge in [0.25, 0.3) is 10.0 Å². The molecule has 26 heavy (non-hydrogen) atoms. The zero-order valence-corrected chi connectivity index (χ0v) is 16.9. The van der Waals surface area contributed by atoms with Gasteiger partial charge in [0, 0.05) is 24.5 Å². The molecule has 0 radical (unpaired) electrons. The van der Waals surface area contributed by atoms with Crippen molar-refractivity contribution in [3.05, 3.63) is 35.2 Å². The molecule has 1 atom stereocenters. The van der Waals surface area contributed by atoms with Crippen molar-refractivity contribution in [3.8, 4) is 10.6 Å². The molecule has 0 spiro atoms. The van der Waals surface area contributed by atoms with E-state index < -0.39 is 10.0 Å². The summed E-state index contributed by atoms with van der Waals surface area (Å²) in [6, 6.07) is 3.26. The lowest BCUT2D eigenvalue weighted by Crippen LogP contribution is -2.44. The summed E-state index contributed by atoms with van der Waals surface area (Å²) >= 11 is 2.78. The number of nitrogens with zero attached hydrogens (tertiary/aromatic N) is 2. The van der Waals surface area contributed by atoms with Crippen LogP contribution in [0.3, 0.4) is 0 Å². The lowest BCUT2D eigenvalue weighted by molar-refractivity contribution is -0.117. The smallest absolute Gasteiger partial charge is 0.252 e. The van der Waals surface area contributed by atoms with Gasteiger partial charge in [0.2, 0.25) is 5.91 Å². The van der Waals surface area contributed by atoms with E-state index >= 15 is 0 Å². The molecule has 2 aromatic rings. The standard InChI is InChI=1S/C17H21N3O3S3/c1-3-16(21)19-13-6-4-5-9-20(10-13)26(22,23)17-8-7-15(25-17)14-11-24-12(2)18-14/h3,7-8,11,13H,1,4-6,9-10H2,2H3,(H,19,21). The number of nitrogens with one attached hydrogen (secondary N) is 1. The average molecular weight is 412 g/mol. The SMILES string of the molecule is C=CC(=O)NC1CCCCN(S(=O)(=O)c2ccc(-c3csc(C)n3)s2)C1. The Labute approximate surface area is 161 Å². The molecule has 0 bridgehead atoms. The summed E-state index contributed by atoms with van der Waals surface area (Å²) in [7, 11) is -3.59. The Balaban J connectivity index is 1.81. The fourth-order valence-electron chi connectivity index (χ4n) is 2.90. The molecule has 0 aromatic carbocycles. The molecule has 3 rings (SSSR count). The van der Waals surface area contributed by atoms with Crippen LogP contribution in [0.1, 0.15) is 24.3 Å². The molecule has 140 valence electrons. The Kier molecular flexibility index (Phi) is 5.91. The summed E-state index contributed by atoms with van der Waals surface area (Å²) in [5.41, 5.74) is 0.811. The molecule has 1 amide bonds. The van der Waals surface area contributed by atoms with Crippen LogP contribution in [-0.2, 0) is 14.8 Å². The van der Waals surface area contributed by atoms with Gasteiger partial charge in [-0.05, 0) is 38.0 Å². The highest BCUT2D eigenvalue weighted by atomic mass is 32.2. The summed E-state index contributed by atoms with van der Waals surface area (Å²) in [6.45, 7) is 6.12. The third-order valence-corrected chi connectivity index (χ3v) is 8.43. The van der Waals surface area contributed by atoms with Gasteiger partial charge in [-0.15, -0.1) is 22.7 Å². The van der Waals surface area contributed by atoms with Gasteiger partial charge < -0.3 is 5.32 Å². The first-order chi connectivity index (χ1) is 12.4. The molecule has 0 aliphatic carbocycles. The summed E-state index contributed by atoms with van der Waals surface area (Å²) in [6.07, 6.45) is 3.63. The molecule has 1 aliphatic rings. The van der Waals surface area contributed by atoms with Crippen LogP contribution < -0.4 is 5.32 Å². The van der Waals surface area contributed by atoms with Crippen LogP contribution in [0, 0.1) is 6.92 Å². The molecule has 0 saturated carbocycles. The van der Waals surface area contributed by atoms with Crippen molar-refractivity contribution in [3.63, 3.8) is 0 Å². The molecule has 6 nitrogen and oxygen atoms in total. The van der Waals surface area contributed by atoms with Crippen LogP contribution in [0.2, 0.25) is 0 Å². The number of hydrogen-bond donors (Lipinski definition) is 1. The quantitative estimate of drug-likeness (QED) is 0.767. The van der Waals surface area contributed by atoms with Gasteiger partial charge in [-0.3, -0.25) is 4.79 Å². The van der Waals surface area contributed by atoms with E-state index in [4.69, 9.17) is 0 Å². The molecule has 1 aliphatic heterocycles. The normalized spacial score (nSPS) is 19.0. The number of carbonyl (C=O) groups is 1. The van der Waals surface area contributed by atoms with Crippen molar-refractivity contribution in [1.82, 2.24) is 14.6 Å². The van der Waals surface area contributed by atoms with Crippen LogP contribution >= 0.6 is 22.7 Å². The number of sulfonamides is 1. The Morgan fingerprint density at radius 3 is 2.92 bits per heavy atom. The maximum atomic E-state index is 13.1. The molecule has 3 heterocycles. The van der Waals surface area contributed by atoms with Crippen LogP contribution in [-0.4, -0.2) is 42.7 Å². The summed E-state index contributed by atoms with van der Waals surface area (Å²) < 4.78 is 27.9. The highest BCUT2D eigenvalue weighted by Crippen LogP contribution is 2.33. The maximum Gasteiger partial charge on any atom is 0.252 e. The number of thiazole rings is 1. The first kappa shape index (κ1) is 19.2. The van der Waals surface area contributed by atoms with Gasteiger partial charge in [-0.25, -0.2) is 13.4 Å². The summed E-state index contributed by atoms with van der Waals surface area (Å²) in [5, 5.41) is 5.71. The minimum Gasteiger partial charge on any atom is -0.349 e. The minimum absolute atomic E-state index is 0.196. The Hall–Kier alpha value is -1.55. The first-order valence-corrected chi connectivity index (χ1v) is 11.5. The number of carbonyl (C=O) groups excluding carboxylic acids is 1. The zero-order valence-electron chi connectivity index (χ0n) is 14.5. The van der Waals surface area contributed by atoms with E-state index in [9.17, 15) is 13.2 Å². The summed E-state index contributed by atoms with van der Waals surface area (Å²) in [5.74, 6) is -0.272. The van der Waals surface area contributed by atoms with Crippen LogP contribution in [0.15, 0.2) is 34.4 Å². The van der Waals surface area contributed by atoms with Crippen molar-refractivity contribution in [2.24, 2.45) is 0 Å². The van der Waals surface area contributed by atoms with Gasteiger partial charge in [-0.2, -0.15) is 4.31 Å². The fraction of sp³-hybridized carbons (Fsp3) is 0.412. The van der Waals surface area contributed by atoms with Crippen LogP contribution in [0.5, 0.6) is 0 Å². The second-order valence-electron chi connectivity index (χ2n) is 6.14. The van der Waals surface area contributed by atoms with Gasteiger partial charge in [-0.1, -0.05) is 13.0 Å². The van der Waals surface area contributed by atoms with Gasteiger partial charge in [0.05, 0.1) is 15.6 Å². The molecular formula is C17H21N3O3S3. The average Bonchev–Trinajstić information content (AvgIpc) is 3.20. The molecular weight excluding hydrogens is 390 g/mol. The number of thiophene rings is 1. The fourth-order valence-corrected chi connectivity index (χ4v) is 6.54. The minimum atomic E-state index is -3.59. The Bertz CT molecular complexity index is 901. The van der Waals surface area contributed by atoms with E-state index in [2.05, 4.69) is 16.9 Å².